The lowest BCUT2D eigenvalue weighted by molar-refractivity contribution is 0.803. The Morgan fingerprint density at radius 3 is 2.67 bits per heavy atom. The van der Waals surface area contributed by atoms with Gasteiger partial charge in [-0.25, -0.2) is 9.97 Å². The highest BCUT2D eigenvalue weighted by molar-refractivity contribution is 7.19. The predicted molar refractivity (Wildman–Crippen MR) is 111 cm³/mol. The van der Waals surface area contributed by atoms with Gasteiger partial charge in [0, 0.05) is 44.4 Å². The lowest BCUT2D eigenvalue weighted by Crippen LogP contribution is -2.07. The Morgan fingerprint density at radius 2 is 1.93 bits per heavy atom. The number of pyridine rings is 1. The quantitative estimate of drug-likeness (QED) is 0.516. The van der Waals surface area contributed by atoms with Gasteiger partial charge in [-0.2, -0.15) is 0 Å². The minimum atomic E-state index is 0.748. The minimum absolute atomic E-state index is 0.748. The summed E-state index contributed by atoms with van der Waals surface area (Å²) in [6, 6.07) is 12.6. The topological polar surface area (TPSA) is 46.8 Å². The van der Waals surface area contributed by atoms with Crippen molar-refractivity contribution in [1.29, 1.82) is 0 Å². The number of imidazole rings is 1. The van der Waals surface area contributed by atoms with Crippen molar-refractivity contribution in [3.8, 4) is 21.8 Å². The van der Waals surface area contributed by atoms with Crippen molar-refractivity contribution in [1.82, 2.24) is 19.5 Å². The van der Waals surface area contributed by atoms with E-state index < -0.39 is 0 Å². The molecule has 4 rings (SSSR count). The molecular weight excluding hydrogens is 354 g/mol. The summed E-state index contributed by atoms with van der Waals surface area (Å²) in [5, 5.41) is 1.02. The largest absolute Gasteiger partial charge is 0.354 e. The second-order valence-corrected chi connectivity index (χ2v) is 7.60. The van der Waals surface area contributed by atoms with Crippen LogP contribution in [0.1, 0.15) is 11.3 Å². The van der Waals surface area contributed by atoms with E-state index in [1.165, 1.54) is 10.4 Å². The Balaban J connectivity index is 1.69. The summed E-state index contributed by atoms with van der Waals surface area (Å²) < 4.78 is 2.15. The minimum Gasteiger partial charge on any atom is -0.354 e. The number of thiazole rings is 1. The van der Waals surface area contributed by atoms with Crippen LogP contribution in [0, 0.1) is 6.92 Å². The Hall–Kier alpha value is -2.99. The maximum atomic E-state index is 4.67. The molecule has 3 heterocycles. The van der Waals surface area contributed by atoms with Gasteiger partial charge in [0.1, 0.15) is 5.82 Å². The van der Waals surface area contributed by atoms with Crippen molar-refractivity contribution < 1.29 is 0 Å². The van der Waals surface area contributed by atoms with Gasteiger partial charge in [0.2, 0.25) is 0 Å². The highest BCUT2D eigenvalue weighted by Gasteiger charge is 2.13. The van der Waals surface area contributed by atoms with Crippen LogP contribution in [-0.4, -0.2) is 33.6 Å². The Bertz CT molecular complexity index is 1050. The predicted octanol–water partition coefficient (Wildman–Crippen LogP) is 4.49. The molecule has 0 aliphatic carbocycles. The van der Waals surface area contributed by atoms with Crippen molar-refractivity contribution in [2.75, 3.05) is 19.0 Å². The third-order valence-electron chi connectivity index (χ3n) is 4.34. The van der Waals surface area contributed by atoms with Crippen molar-refractivity contribution >= 4 is 16.5 Å². The van der Waals surface area contributed by atoms with Crippen molar-refractivity contribution in [3.63, 3.8) is 0 Å². The first-order valence-electron chi connectivity index (χ1n) is 8.77. The summed E-state index contributed by atoms with van der Waals surface area (Å²) in [6.07, 6.45) is 7.54. The molecule has 0 saturated carbocycles. The average molecular weight is 376 g/mol. The number of aryl methyl sites for hydroxylation is 1. The molecule has 0 bridgehead atoms. The fourth-order valence-electron chi connectivity index (χ4n) is 3.03. The number of hydrogen-bond acceptors (Lipinski definition) is 5. The van der Waals surface area contributed by atoms with Crippen molar-refractivity contribution in [2.45, 2.75) is 13.5 Å². The monoisotopic (exact) mass is 375 g/mol. The number of nitrogens with zero attached hydrogens (tertiary/aromatic N) is 5. The van der Waals surface area contributed by atoms with Gasteiger partial charge in [-0.05, 0) is 30.2 Å². The summed E-state index contributed by atoms with van der Waals surface area (Å²) in [5.41, 5.74) is 4.48. The molecule has 5 nitrogen and oxygen atoms in total. The molecule has 136 valence electrons. The first kappa shape index (κ1) is 17.4. The SMILES string of the molecule is Cc1nc(N(C)C)sc1-c1cccc(-c2nccn2Cc2cccnc2)c1. The summed E-state index contributed by atoms with van der Waals surface area (Å²) in [6.45, 7) is 2.81. The zero-order chi connectivity index (χ0) is 18.8. The van der Waals surface area contributed by atoms with Gasteiger partial charge < -0.3 is 9.47 Å². The number of benzene rings is 1. The first-order valence-corrected chi connectivity index (χ1v) is 9.59. The average Bonchev–Trinajstić information content (AvgIpc) is 3.29. The third kappa shape index (κ3) is 3.61. The molecule has 0 fully saturated rings. The molecule has 0 amide bonds. The molecule has 0 unspecified atom stereocenters. The number of rotatable bonds is 5. The molecule has 1 aromatic carbocycles. The second-order valence-electron chi connectivity index (χ2n) is 6.63. The summed E-state index contributed by atoms with van der Waals surface area (Å²) in [7, 11) is 4.04. The Labute approximate surface area is 163 Å². The van der Waals surface area contributed by atoms with Crippen molar-refractivity contribution in [2.24, 2.45) is 0 Å². The molecule has 0 saturated heterocycles. The van der Waals surface area contributed by atoms with Crippen LogP contribution in [0.2, 0.25) is 0 Å². The maximum Gasteiger partial charge on any atom is 0.185 e. The third-order valence-corrected chi connectivity index (χ3v) is 5.72. The van der Waals surface area contributed by atoms with E-state index in [1.807, 2.05) is 43.7 Å². The molecule has 4 aromatic rings. The highest BCUT2D eigenvalue weighted by atomic mass is 32.1. The van der Waals surface area contributed by atoms with Gasteiger partial charge in [0.15, 0.2) is 5.13 Å². The van der Waals surface area contributed by atoms with E-state index in [0.717, 1.165) is 34.3 Å². The van der Waals surface area contributed by atoms with E-state index in [4.69, 9.17) is 0 Å². The number of anilines is 1. The molecule has 3 aromatic heterocycles. The smallest absolute Gasteiger partial charge is 0.185 e. The van der Waals surface area contributed by atoms with Crippen molar-refractivity contribution in [3.05, 3.63) is 72.4 Å². The van der Waals surface area contributed by atoms with E-state index >= 15 is 0 Å². The summed E-state index contributed by atoms with van der Waals surface area (Å²) in [5.74, 6) is 0.954. The van der Waals surface area contributed by atoms with Gasteiger partial charge in [0.25, 0.3) is 0 Å². The second kappa shape index (κ2) is 7.32. The standard InChI is InChI=1S/C21H21N5S/c1-15-19(27-21(24-15)25(2)3)17-7-4-8-18(12-17)20-23-10-11-26(20)14-16-6-5-9-22-13-16/h4-13H,14H2,1-3H3. The Morgan fingerprint density at radius 1 is 1.07 bits per heavy atom. The first-order chi connectivity index (χ1) is 13.1. The van der Waals surface area contributed by atoms with Crippen LogP contribution >= 0.6 is 11.3 Å². The maximum absolute atomic E-state index is 4.67. The number of aromatic nitrogens is 4. The van der Waals surface area contributed by atoms with Gasteiger partial charge >= 0.3 is 0 Å². The fraction of sp³-hybridized carbons (Fsp3) is 0.190. The molecule has 27 heavy (non-hydrogen) atoms. The molecule has 0 aliphatic heterocycles. The van der Waals surface area contributed by atoms with E-state index in [9.17, 15) is 0 Å². The lowest BCUT2D eigenvalue weighted by Gasteiger charge is -2.09. The molecule has 0 radical (unpaired) electrons. The molecule has 0 aliphatic rings. The normalized spacial score (nSPS) is 10.9. The van der Waals surface area contributed by atoms with Crippen LogP contribution in [0.5, 0.6) is 0 Å². The molecule has 0 spiro atoms. The Kier molecular flexibility index (Phi) is 4.73. The summed E-state index contributed by atoms with van der Waals surface area (Å²) in [4.78, 5) is 16.7. The molecular formula is C21H21N5S. The number of hydrogen-bond donors (Lipinski definition) is 0. The fourth-order valence-corrected chi connectivity index (χ4v) is 4.01. The van der Waals surface area contributed by atoms with Crippen LogP contribution in [-0.2, 0) is 6.54 Å². The van der Waals surface area contributed by atoms with Crippen LogP contribution in [0.15, 0.2) is 61.2 Å². The highest BCUT2D eigenvalue weighted by Crippen LogP contribution is 2.35. The van der Waals surface area contributed by atoms with E-state index in [0.29, 0.717) is 0 Å². The van der Waals surface area contributed by atoms with E-state index in [-0.39, 0.29) is 0 Å². The van der Waals surface area contributed by atoms with E-state index in [2.05, 4.69) is 56.8 Å². The lowest BCUT2D eigenvalue weighted by atomic mass is 10.1. The van der Waals surface area contributed by atoms with Gasteiger partial charge in [-0.3, -0.25) is 4.98 Å². The molecule has 6 heteroatoms. The van der Waals surface area contributed by atoms with Gasteiger partial charge in [-0.15, -0.1) is 0 Å². The van der Waals surface area contributed by atoms with Crippen LogP contribution in [0.3, 0.4) is 0 Å². The van der Waals surface area contributed by atoms with Gasteiger partial charge in [-0.1, -0.05) is 35.6 Å². The zero-order valence-corrected chi connectivity index (χ0v) is 16.4. The van der Waals surface area contributed by atoms with E-state index in [1.54, 1.807) is 17.5 Å². The van der Waals surface area contributed by atoms with Crippen LogP contribution < -0.4 is 4.90 Å². The van der Waals surface area contributed by atoms with Crippen LogP contribution in [0.25, 0.3) is 21.8 Å². The van der Waals surface area contributed by atoms with Crippen LogP contribution in [0.4, 0.5) is 5.13 Å². The summed E-state index contributed by atoms with van der Waals surface area (Å²) >= 11 is 1.71. The molecule has 0 atom stereocenters. The van der Waals surface area contributed by atoms with Gasteiger partial charge in [0.05, 0.1) is 17.1 Å². The molecule has 0 N–H and O–H groups in total. The zero-order valence-electron chi connectivity index (χ0n) is 15.6.